The Morgan fingerprint density at radius 2 is 1.46 bits per heavy atom. The van der Waals surface area contributed by atoms with Crippen LogP contribution in [0, 0.1) is 0 Å². The monoisotopic (exact) mass is 372 g/mol. The highest BCUT2D eigenvalue weighted by Gasteiger charge is 2.12. The van der Waals surface area contributed by atoms with Crippen LogP contribution in [0.15, 0.2) is 53.4 Å². The molecule has 0 saturated carbocycles. The third-order valence-electron chi connectivity index (χ3n) is 4.15. The van der Waals surface area contributed by atoms with Crippen molar-refractivity contribution in [3.05, 3.63) is 65.2 Å². The van der Waals surface area contributed by atoms with Crippen LogP contribution in [-0.2, 0) is 17.3 Å². The summed E-state index contributed by atoms with van der Waals surface area (Å²) in [7, 11) is -1.06. The number of hydrogen-bond acceptors (Lipinski definition) is 3. The van der Waals surface area contributed by atoms with Gasteiger partial charge in [-0.3, -0.25) is 13.8 Å². The second kappa shape index (κ2) is 9.29. The molecule has 1 atom stereocenters. The summed E-state index contributed by atoms with van der Waals surface area (Å²) in [6, 6.07) is 14.0. The summed E-state index contributed by atoms with van der Waals surface area (Å²) >= 11 is 0. The first-order chi connectivity index (χ1) is 12.5. The number of rotatable bonds is 7. The molecule has 0 fully saturated rings. The Kier molecular flexibility index (Phi) is 7.09. The summed E-state index contributed by atoms with van der Waals surface area (Å²) in [5.74, 6) is -0.180. The van der Waals surface area contributed by atoms with Crippen molar-refractivity contribution in [2.45, 2.75) is 25.3 Å². The first-order valence-electron chi connectivity index (χ1n) is 8.56. The van der Waals surface area contributed by atoms with Crippen LogP contribution in [0.25, 0.3) is 0 Å². The number of carbonyl (C=O) groups is 2. The van der Waals surface area contributed by atoms with Gasteiger partial charge in [0.1, 0.15) is 0 Å². The highest BCUT2D eigenvalue weighted by molar-refractivity contribution is 7.84. The van der Waals surface area contributed by atoms with E-state index in [0.717, 1.165) is 5.56 Å². The lowest BCUT2D eigenvalue weighted by atomic mass is 10.1. The van der Waals surface area contributed by atoms with E-state index in [1.165, 1.54) is 0 Å². The molecule has 0 aromatic heterocycles. The fourth-order valence-corrected chi connectivity index (χ4v) is 3.06. The summed E-state index contributed by atoms with van der Waals surface area (Å²) in [5, 5.41) is 2.85. The first-order valence-corrected chi connectivity index (χ1v) is 10.1. The van der Waals surface area contributed by atoms with Crippen molar-refractivity contribution in [1.82, 2.24) is 10.2 Å². The Labute approximate surface area is 156 Å². The molecule has 0 radical (unpaired) electrons. The largest absolute Gasteiger partial charge is 0.348 e. The van der Waals surface area contributed by atoms with Gasteiger partial charge in [0, 0.05) is 52.7 Å². The summed E-state index contributed by atoms with van der Waals surface area (Å²) in [5.41, 5.74) is 2.08. The molecule has 0 bridgehead atoms. The Balaban J connectivity index is 1.96. The molecular formula is C20H24N2O3S. The van der Waals surface area contributed by atoms with Crippen LogP contribution in [0.1, 0.15) is 40.1 Å². The van der Waals surface area contributed by atoms with Crippen LogP contribution in [-0.4, -0.2) is 40.3 Å². The van der Waals surface area contributed by atoms with Crippen molar-refractivity contribution in [2.24, 2.45) is 0 Å². The maximum atomic E-state index is 12.3. The summed E-state index contributed by atoms with van der Waals surface area (Å²) in [6.07, 6.45) is 1.60. The number of hydrogen-bond donors (Lipinski definition) is 1. The maximum Gasteiger partial charge on any atom is 0.253 e. The van der Waals surface area contributed by atoms with Gasteiger partial charge in [-0.05, 0) is 55.8 Å². The molecule has 2 aromatic rings. The van der Waals surface area contributed by atoms with Gasteiger partial charge in [-0.15, -0.1) is 0 Å². The van der Waals surface area contributed by atoms with Gasteiger partial charge >= 0.3 is 0 Å². The minimum atomic E-state index is -1.06. The van der Waals surface area contributed by atoms with Crippen LogP contribution in [0.4, 0.5) is 0 Å². The average molecular weight is 372 g/mol. The van der Waals surface area contributed by atoms with Gasteiger partial charge in [-0.1, -0.05) is 12.1 Å². The molecule has 1 unspecified atom stereocenters. The zero-order chi connectivity index (χ0) is 19.1. The molecule has 0 spiro atoms. The minimum absolute atomic E-state index is 0.0130. The van der Waals surface area contributed by atoms with Gasteiger partial charge in [0.2, 0.25) is 0 Å². The average Bonchev–Trinajstić information content (AvgIpc) is 2.67. The second-order valence-electron chi connectivity index (χ2n) is 5.84. The highest BCUT2D eigenvalue weighted by Crippen LogP contribution is 2.10. The van der Waals surface area contributed by atoms with Crippen LogP contribution < -0.4 is 5.32 Å². The highest BCUT2D eigenvalue weighted by atomic mass is 32.2. The number of nitrogens with zero attached hydrogens (tertiary/aromatic N) is 1. The minimum Gasteiger partial charge on any atom is -0.348 e. The zero-order valence-corrected chi connectivity index (χ0v) is 16.1. The van der Waals surface area contributed by atoms with E-state index in [1.54, 1.807) is 47.6 Å². The Hall–Kier alpha value is -2.47. The van der Waals surface area contributed by atoms with Crippen molar-refractivity contribution in [2.75, 3.05) is 19.3 Å². The lowest BCUT2D eigenvalue weighted by Gasteiger charge is -2.18. The van der Waals surface area contributed by atoms with Gasteiger partial charge in [0.25, 0.3) is 11.8 Å². The molecule has 0 heterocycles. The summed E-state index contributed by atoms with van der Waals surface area (Å²) in [4.78, 5) is 26.9. The van der Waals surface area contributed by atoms with Crippen LogP contribution >= 0.6 is 0 Å². The van der Waals surface area contributed by atoms with E-state index < -0.39 is 10.8 Å². The Morgan fingerprint density at radius 3 is 1.96 bits per heavy atom. The smallest absolute Gasteiger partial charge is 0.253 e. The molecule has 6 heteroatoms. The molecule has 138 valence electrons. The molecule has 0 aliphatic heterocycles. The quantitative estimate of drug-likeness (QED) is 0.813. The molecule has 26 heavy (non-hydrogen) atoms. The normalized spacial score (nSPS) is 11.7. The third kappa shape index (κ3) is 5.02. The van der Waals surface area contributed by atoms with E-state index in [9.17, 15) is 13.8 Å². The molecule has 1 N–H and O–H groups in total. The predicted molar refractivity (Wildman–Crippen MR) is 104 cm³/mol. The van der Waals surface area contributed by atoms with Gasteiger partial charge < -0.3 is 10.2 Å². The van der Waals surface area contributed by atoms with Crippen LogP contribution in [0.2, 0.25) is 0 Å². The first kappa shape index (κ1) is 19.8. The number of amides is 2. The van der Waals surface area contributed by atoms with Crippen LogP contribution in [0.3, 0.4) is 0 Å². The van der Waals surface area contributed by atoms with E-state index in [4.69, 9.17) is 0 Å². The van der Waals surface area contributed by atoms with Crippen molar-refractivity contribution in [1.29, 1.82) is 0 Å². The number of carbonyl (C=O) groups excluding carboxylic acids is 2. The van der Waals surface area contributed by atoms with E-state index in [1.807, 2.05) is 26.0 Å². The van der Waals surface area contributed by atoms with Gasteiger partial charge in [0.15, 0.2) is 0 Å². The molecule has 5 nitrogen and oxygen atoms in total. The lowest BCUT2D eigenvalue weighted by Crippen LogP contribution is -2.30. The van der Waals surface area contributed by atoms with Gasteiger partial charge in [-0.25, -0.2) is 0 Å². The molecule has 0 aliphatic carbocycles. The van der Waals surface area contributed by atoms with E-state index in [-0.39, 0.29) is 11.8 Å². The fourth-order valence-electron chi connectivity index (χ4n) is 2.54. The number of benzene rings is 2. The summed E-state index contributed by atoms with van der Waals surface area (Å²) in [6.45, 7) is 5.64. The van der Waals surface area contributed by atoms with Gasteiger partial charge in [-0.2, -0.15) is 0 Å². The van der Waals surface area contributed by atoms with E-state index in [2.05, 4.69) is 5.32 Å². The van der Waals surface area contributed by atoms with Crippen molar-refractivity contribution in [3.63, 3.8) is 0 Å². The molecule has 2 amide bonds. The maximum absolute atomic E-state index is 12.3. The summed E-state index contributed by atoms with van der Waals surface area (Å²) < 4.78 is 11.4. The zero-order valence-electron chi connectivity index (χ0n) is 15.3. The fraction of sp³-hybridized carbons (Fsp3) is 0.300. The Morgan fingerprint density at radius 1 is 0.923 bits per heavy atom. The van der Waals surface area contributed by atoms with Crippen molar-refractivity contribution < 1.29 is 13.8 Å². The Bertz CT molecular complexity index is 782. The molecule has 0 aliphatic rings. The lowest BCUT2D eigenvalue weighted by molar-refractivity contribution is 0.0772. The SMILES string of the molecule is CCN(CC)C(=O)c1ccc(CNC(=O)c2ccc(S(C)=O)cc2)cc1. The topological polar surface area (TPSA) is 66.5 Å². The van der Waals surface area contributed by atoms with E-state index in [0.29, 0.717) is 35.7 Å². The molecule has 2 aromatic carbocycles. The molecular weight excluding hydrogens is 348 g/mol. The molecule has 2 rings (SSSR count). The standard InChI is InChI=1S/C20H24N2O3S/c1-4-22(5-2)20(24)17-8-6-15(7-9-17)14-21-19(23)16-10-12-18(13-11-16)26(3)25/h6-13H,4-5,14H2,1-3H3,(H,21,23). The van der Waals surface area contributed by atoms with Gasteiger partial charge in [0.05, 0.1) is 0 Å². The number of nitrogens with one attached hydrogen (secondary N) is 1. The predicted octanol–water partition coefficient (Wildman–Crippen LogP) is 2.84. The molecule has 0 saturated heterocycles. The second-order valence-corrected chi connectivity index (χ2v) is 7.22. The third-order valence-corrected chi connectivity index (χ3v) is 5.09. The van der Waals surface area contributed by atoms with Crippen molar-refractivity contribution in [3.8, 4) is 0 Å². The van der Waals surface area contributed by atoms with Crippen LogP contribution in [0.5, 0.6) is 0 Å². The van der Waals surface area contributed by atoms with E-state index >= 15 is 0 Å². The van der Waals surface area contributed by atoms with Crippen molar-refractivity contribution >= 4 is 22.6 Å².